The van der Waals surface area contributed by atoms with Crippen molar-refractivity contribution in [1.82, 2.24) is 15.0 Å². The Bertz CT molecular complexity index is 443. The molecule has 0 saturated carbocycles. The summed E-state index contributed by atoms with van der Waals surface area (Å²) < 4.78 is 5.09. The fourth-order valence-corrected chi connectivity index (χ4v) is 1.33. The molecule has 0 aliphatic rings. The molecule has 1 aromatic carbocycles. The van der Waals surface area contributed by atoms with E-state index in [1.807, 2.05) is 36.2 Å². The topological polar surface area (TPSA) is 51.1 Å². The summed E-state index contributed by atoms with van der Waals surface area (Å²) in [6, 6.07) is 7.69. The number of methoxy groups -OCH3 is 1. The summed E-state index contributed by atoms with van der Waals surface area (Å²) in [5, 5.41) is 0. The van der Waals surface area contributed by atoms with Gasteiger partial charge in [-0.15, -0.1) is 0 Å². The van der Waals surface area contributed by atoms with Gasteiger partial charge in [0, 0.05) is 12.7 Å². The molecule has 0 radical (unpaired) electrons. The van der Waals surface area contributed by atoms with Crippen molar-refractivity contribution < 1.29 is 4.74 Å². The van der Waals surface area contributed by atoms with E-state index in [-0.39, 0.29) is 0 Å². The van der Waals surface area contributed by atoms with Gasteiger partial charge in [0.2, 0.25) is 5.95 Å². The number of hydrogen-bond donors (Lipinski definition) is 0. The minimum atomic E-state index is 0.611. The van der Waals surface area contributed by atoms with Crippen LogP contribution in [-0.4, -0.2) is 29.1 Å². The van der Waals surface area contributed by atoms with Gasteiger partial charge in [-0.1, -0.05) is 0 Å². The van der Waals surface area contributed by atoms with E-state index in [9.17, 15) is 0 Å². The normalized spacial score (nSPS) is 9.88. The fourth-order valence-electron chi connectivity index (χ4n) is 1.33. The zero-order chi connectivity index (χ0) is 11.4. The Labute approximate surface area is 93.8 Å². The van der Waals surface area contributed by atoms with Crippen LogP contribution in [0.25, 0.3) is 0 Å². The van der Waals surface area contributed by atoms with E-state index in [1.165, 1.54) is 12.7 Å². The Balaban J connectivity index is 2.24. The molecule has 0 bridgehead atoms. The molecule has 0 amide bonds. The highest BCUT2D eigenvalue weighted by molar-refractivity contribution is 5.56. The average Bonchev–Trinajstić information content (AvgIpc) is 2.39. The van der Waals surface area contributed by atoms with E-state index in [0.717, 1.165) is 11.4 Å². The molecule has 1 aromatic heterocycles. The minimum absolute atomic E-state index is 0.611. The van der Waals surface area contributed by atoms with Crippen LogP contribution in [0.4, 0.5) is 11.6 Å². The zero-order valence-electron chi connectivity index (χ0n) is 9.16. The van der Waals surface area contributed by atoms with Crippen LogP contribution in [0, 0.1) is 0 Å². The third kappa shape index (κ3) is 2.08. The Morgan fingerprint density at radius 3 is 2.25 bits per heavy atom. The first-order valence-electron chi connectivity index (χ1n) is 4.81. The lowest BCUT2D eigenvalue weighted by atomic mass is 10.3. The minimum Gasteiger partial charge on any atom is -0.497 e. The molecule has 5 nitrogen and oxygen atoms in total. The van der Waals surface area contributed by atoms with Crippen LogP contribution < -0.4 is 9.64 Å². The Hall–Kier alpha value is -2.17. The first kappa shape index (κ1) is 10.4. The predicted molar refractivity (Wildman–Crippen MR) is 60.9 cm³/mol. The van der Waals surface area contributed by atoms with Gasteiger partial charge in [-0.3, -0.25) is 0 Å². The SMILES string of the molecule is COc1ccc(N(C)c2ncncn2)cc1. The van der Waals surface area contributed by atoms with Crippen LogP contribution in [0.1, 0.15) is 0 Å². The molecule has 5 heteroatoms. The molecule has 2 rings (SSSR count). The van der Waals surface area contributed by atoms with Crippen molar-refractivity contribution in [3.05, 3.63) is 36.9 Å². The van der Waals surface area contributed by atoms with Gasteiger partial charge >= 0.3 is 0 Å². The van der Waals surface area contributed by atoms with E-state index in [2.05, 4.69) is 15.0 Å². The summed E-state index contributed by atoms with van der Waals surface area (Å²) >= 11 is 0. The molecule has 0 aliphatic heterocycles. The lowest BCUT2D eigenvalue weighted by Crippen LogP contribution is -2.12. The molecule has 0 unspecified atom stereocenters. The summed E-state index contributed by atoms with van der Waals surface area (Å²) in [6.07, 6.45) is 2.95. The van der Waals surface area contributed by atoms with Crippen LogP contribution in [0.15, 0.2) is 36.9 Å². The second kappa shape index (κ2) is 4.57. The maximum atomic E-state index is 5.09. The maximum Gasteiger partial charge on any atom is 0.232 e. The summed E-state index contributed by atoms with van der Waals surface area (Å²) in [5.41, 5.74) is 0.993. The van der Waals surface area contributed by atoms with Crippen molar-refractivity contribution in [3.63, 3.8) is 0 Å². The molecule has 0 aliphatic carbocycles. The Morgan fingerprint density at radius 1 is 1.06 bits per heavy atom. The summed E-state index contributed by atoms with van der Waals surface area (Å²) in [7, 11) is 3.54. The molecule has 0 spiro atoms. The highest BCUT2D eigenvalue weighted by Crippen LogP contribution is 2.21. The van der Waals surface area contributed by atoms with E-state index in [0.29, 0.717) is 5.95 Å². The van der Waals surface area contributed by atoms with Gasteiger partial charge < -0.3 is 9.64 Å². The zero-order valence-corrected chi connectivity index (χ0v) is 9.16. The predicted octanol–water partition coefficient (Wildman–Crippen LogP) is 1.65. The molecule has 1 heterocycles. The van der Waals surface area contributed by atoms with E-state index in [1.54, 1.807) is 7.11 Å². The number of nitrogens with zero attached hydrogens (tertiary/aromatic N) is 4. The van der Waals surface area contributed by atoms with Gasteiger partial charge in [0.1, 0.15) is 18.4 Å². The number of benzene rings is 1. The van der Waals surface area contributed by atoms with E-state index in [4.69, 9.17) is 4.74 Å². The lowest BCUT2D eigenvalue weighted by molar-refractivity contribution is 0.415. The van der Waals surface area contributed by atoms with E-state index < -0.39 is 0 Å². The molecule has 0 saturated heterocycles. The van der Waals surface area contributed by atoms with Crippen molar-refractivity contribution >= 4 is 11.6 Å². The molecular weight excluding hydrogens is 204 g/mol. The van der Waals surface area contributed by atoms with Gasteiger partial charge in [-0.25, -0.2) is 15.0 Å². The molecule has 16 heavy (non-hydrogen) atoms. The van der Waals surface area contributed by atoms with Crippen LogP contribution in [0.5, 0.6) is 5.75 Å². The second-order valence-electron chi connectivity index (χ2n) is 3.20. The molecule has 0 N–H and O–H groups in total. The molecule has 0 atom stereocenters. The third-order valence-electron chi connectivity index (χ3n) is 2.24. The largest absolute Gasteiger partial charge is 0.497 e. The van der Waals surface area contributed by atoms with Crippen LogP contribution in [0.2, 0.25) is 0 Å². The van der Waals surface area contributed by atoms with E-state index >= 15 is 0 Å². The van der Waals surface area contributed by atoms with Crippen molar-refractivity contribution in [2.75, 3.05) is 19.1 Å². The van der Waals surface area contributed by atoms with Gasteiger partial charge in [-0.2, -0.15) is 0 Å². The quantitative estimate of drug-likeness (QED) is 0.780. The summed E-state index contributed by atoms with van der Waals surface area (Å²) in [6.45, 7) is 0. The maximum absolute atomic E-state index is 5.09. The molecule has 2 aromatic rings. The fraction of sp³-hybridized carbons (Fsp3) is 0.182. The average molecular weight is 216 g/mol. The van der Waals surface area contributed by atoms with Crippen molar-refractivity contribution in [2.24, 2.45) is 0 Å². The van der Waals surface area contributed by atoms with Gasteiger partial charge in [0.05, 0.1) is 7.11 Å². The van der Waals surface area contributed by atoms with Crippen LogP contribution in [-0.2, 0) is 0 Å². The van der Waals surface area contributed by atoms with Crippen molar-refractivity contribution in [1.29, 1.82) is 0 Å². The number of ether oxygens (including phenoxy) is 1. The monoisotopic (exact) mass is 216 g/mol. The van der Waals surface area contributed by atoms with Gasteiger partial charge in [-0.05, 0) is 24.3 Å². The molecule has 82 valence electrons. The Kier molecular flexibility index (Phi) is 2.95. The third-order valence-corrected chi connectivity index (χ3v) is 2.24. The first-order chi connectivity index (χ1) is 7.81. The lowest BCUT2D eigenvalue weighted by Gasteiger charge is -2.16. The second-order valence-corrected chi connectivity index (χ2v) is 3.20. The molecule has 0 fully saturated rings. The van der Waals surface area contributed by atoms with Crippen LogP contribution >= 0.6 is 0 Å². The van der Waals surface area contributed by atoms with Gasteiger partial charge in [0.15, 0.2) is 0 Å². The summed E-state index contributed by atoms with van der Waals surface area (Å²) in [4.78, 5) is 13.8. The number of aromatic nitrogens is 3. The highest BCUT2D eigenvalue weighted by atomic mass is 16.5. The number of anilines is 2. The highest BCUT2D eigenvalue weighted by Gasteiger charge is 2.05. The number of hydrogen-bond acceptors (Lipinski definition) is 5. The first-order valence-corrected chi connectivity index (χ1v) is 4.81. The summed E-state index contributed by atoms with van der Waals surface area (Å²) in [5.74, 6) is 1.44. The Morgan fingerprint density at radius 2 is 1.69 bits per heavy atom. The number of rotatable bonds is 3. The van der Waals surface area contributed by atoms with Crippen molar-refractivity contribution in [2.45, 2.75) is 0 Å². The van der Waals surface area contributed by atoms with Crippen LogP contribution in [0.3, 0.4) is 0 Å². The molecular formula is C11H12N4O. The smallest absolute Gasteiger partial charge is 0.232 e. The van der Waals surface area contributed by atoms with Crippen molar-refractivity contribution in [3.8, 4) is 5.75 Å². The standard InChI is InChI=1S/C11H12N4O/c1-15(11-13-7-12-8-14-11)9-3-5-10(16-2)6-4-9/h3-8H,1-2H3. The van der Waals surface area contributed by atoms with Gasteiger partial charge in [0.25, 0.3) is 0 Å².